The summed E-state index contributed by atoms with van der Waals surface area (Å²) in [5, 5.41) is 0. The Hall–Kier alpha value is -2.77. The van der Waals surface area contributed by atoms with E-state index < -0.39 is 20.0 Å². The first-order chi connectivity index (χ1) is 22.6. The van der Waals surface area contributed by atoms with Crippen LogP contribution in [0.2, 0.25) is 9.36 Å². The number of hydrogen-bond donors (Lipinski definition) is 0. The minimum atomic E-state index is -3.12. The van der Waals surface area contributed by atoms with Crippen molar-refractivity contribution in [3.63, 3.8) is 0 Å². The summed E-state index contributed by atoms with van der Waals surface area (Å²) in [5.41, 5.74) is 21.0. The first kappa shape index (κ1) is 33.7. The van der Waals surface area contributed by atoms with E-state index in [1.54, 1.807) is 22.3 Å². The zero-order valence-corrected chi connectivity index (χ0v) is 35.1. The molecule has 1 heterocycles. The summed E-state index contributed by atoms with van der Waals surface area (Å²) >= 11 is -3.12. The third kappa shape index (κ3) is 5.25. The normalized spacial score (nSPS) is 20.2. The predicted molar refractivity (Wildman–Crippen MR) is 207 cm³/mol. The van der Waals surface area contributed by atoms with Crippen molar-refractivity contribution in [3.05, 3.63) is 128 Å². The minimum absolute atomic E-state index is 0.00316. The standard InChI is InChI=1S/C45H50.2CH3.Hf/c1-27(2)33-17-34(28(3)4)20-37(19-33)41-15-11-13-31-23-39(25-43(31)41)45(9,10)40-24-32-14-12-16-42(44(32)26-40)38-21-35(29(5)6)18-36(22-38)30(7)8;;;/h11-30H,1-10H3;2*1H3;. The van der Waals surface area contributed by atoms with Gasteiger partial charge in [-0.2, -0.15) is 0 Å². The van der Waals surface area contributed by atoms with Crippen molar-refractivity contribution in [1.29, 1.82) is 0 Å². The number of hydrogen-bond acceptors (Lipinski definition) is 0. The Morgan fingerprint density at radius 3 is 1.15 bits per heavy atom. The number of fused-ring (bicyclic) bond motifs is 6. The van der Waals surface area contributed by atoms with Gasteiger partial charge in [0.05, 0.1) is 0 Å². The quantitative estimate of drug-likeness (QED) is 0.170. The summed E-state index contributed by atoms with van der Waals surface area (Å²) in [6.07, 6.45) is 5.33. The van der Waals surface area contributed by atoms with Gasteiger partial charge in [-0.1, -0.05) is 0 Å². The summed E-state index contributed by atoms with van der Waals surface area (Å²) in [7, 11) is 0. The molecule has 3 aliphatic rings. The molecule has 248 valence electrons. The molecule has 1 heteroatoms. The molecule has 2 aliphatic carbocycles. The molecule has 2 unspecified atom stereocenters. The molecule has 1 saturated heterocycles. The van der Waals surface area contributed by atoms with Crippen molar-refractivity contribution in [2.45, 2.75) is 110 Å². The first-order valence-electron chi connectivity index (χ1n) is 18.6. The fourth-order valence-electron chi connectivity index (χ4n) is 9.32. The maximum atomic E-state index is 2.77. The molecule has 1 fully saturated rings. The van der Waals surface area contributed by atoms with Crippen LogP contribution in [0.3, 0.4) is 0 Å². The van der Waals surface area contributed by atoms with Crippen molar-refractivity contribution in [3.8, 4) is 22.3 Å². The molecule has 0 saturated carbocycles. The molecule has 0 spiro atoms. The van der Waals surface area contributed by atoms with E-state index in [0.29, 0.717) is 31.0 Å². The fourth-order valence-corrected chi connectivity index (χ4v) is 27.0. The van der Waals surface area contributed by atoms with Gasteiger partial charge < -0.3 is 0 Å². The second-order valence-corrected chi connectivity index (χ2v) is 34.8. The Kier molecular flexibility index (Phi) is 8.38. The van der Waals surface area contributed by atoms with Crippen molar-refractivity contribution in [2.75, 3.05) is 0 Å². The van der Waals surface area contributed by atoms with Crippen molar-refractivity contribution < 1.29 is 20.0 Å². The Labute approximate surface area is 296 Å². The second kappa shape index (κ2) is 11.9. The molecule has 1 aliphatic heterocycles. The van der Waals surface area contributed by atoms with E-state index in [9.17, 15) is 0 Å². The topological polar surface area (TPSA) is 0 Å². The Morgan fingerprint density at radius 1 is 0.500 bits per heavy atom. The van der Waals surface area contributed by atoms with Crippen molar-refractivity contribution in [1.82, 2.24) is 0 Å². The SMILES string of the molecule is CC(C)c1cc(-c2cccc3c2C=C2[CH]3[Hf]([CH3])([CH3])[CH]3C(=Cc4c(-c5cc(C(C)C)cc(C(C)C)c5)cccc43)C2(C)C)cc(C(C)C)c1. The molecule has 0 bridgehead atoms. The van der Waals surface area contributed by atoms with Gasteiger partial charge in [0.15, 0.2) is 0 Å². The Morgan fingerprint density at radius 2 is 0.833 bits per heavy atom. The van der Waals surface area contributed by atoms with Crippen LogP contribution in [-0.4, -0.2) is 0 Å². The molecule has 0 N–H and O–H groups in total. The van der Waals surface area contributed by atoms with Crippen molar-refractivity contribution >= 4 is 12.2 Å². The molecule has 4 aromatic rings. The van der Waals surface area contributed by atoms with E-state index in [1.165, 1.54) is 55.6 Å². The monoisotopic (exact) mass is 800 g/mol. The van der Waals surface area contributed by atoms with E-state index in [4.69, 9.17) is 0 Å². The van der Waals surface area contributed by atoms with Gasteiger partial charge in [0.25, 0.3) is 0 Å². The number of rotatable bonds is 6. The third-order valence-electron chi connectivity index (χ3n) is 12.3. The molecule has 4 aromatic carbocycles. The molecule has 0 amide bonds. The van der Waals surface area contributed by atoms with Gasteiger partial charge >= 0.3 is 298 Å². The van der Waals surface area contributed by atoms with E-state index in [0.717, 1.165) is 0 Å². The summed E-state index contributed by atoms with van der Waals surface area (Å²) in [5.74, 6) is 2.04. The van der Waals surface area contributed by atoms with Gasteiger partial charge in [-0.3, -0.25) is 0 Å². The molecule has 0 radical (unpaired) electrons. The van der Waals surface area contributed by atoms with Crippen LogP contribution in [0.1, 0.15) is 145 Å². The third-order valence-corrected chi connectivity index (χ3v) is 27.5. The predicted octanol–water partition coefficient (Wildman–Crippen LogP) is 14.4. The van der Waals surface area contributed by atoms with Crippen LogP contribution in [0, 0.1) is 5.41 Å². The summed E-state index contributed by atoms with van der Waals surface area (Å²) in [6.45, 7) is 23.7. The molecule has 48 heavy (non-hydrogen) atoms. The number of allylic oxidation sites excluding steroid dienone is 2. The molecule has 0 nitrogen and oxygen atoms in total. The van der Waals surface area contributed by atoms with Gasteiger partial charge in [0.2, 0.25) is 0 Å². The molecular formula is C47H56Hf. The summed E-state index contributed by atoms with van der Waals surface area (Å²) < 4.78 is 6.73. The van der Waals surface area contributed by atoms with Gasteiger partial charge in [0, 0.05) is 0 Å². The van der Waals surface area contributed by atoms with E-state index in [2.05, 4.69) is 164 Å². The van der Waals surface area contributed by atoms with Gasteiger partial charge in [-0.25, -0.2) is 0 Å². The van der Waals surface area contributed by atoms with Crippen LogP contribution < -0.4 is 0 Å². The van der Waals surface area contributed by atoms with E-state index in [-0.39, 0.29) is 5.41 Å². The first-order valence-corrected chi connectivity index (χ1v) is 29.9. The van der Waals surface area contributed by atoms with Crippen LogP contribution in [0.4, 0.5) is 0 Å². The maximum absolute atomic E-state index is 3.12. The summed E-state index contributed by atoms with van der Waals surface area (Å²) in [4.78, 5) is 0. The van der Waals surface area contributed by atoms with E-state index in [1.807, 2.05) is 0 Å². The van der Waals surface area contributed by atoms with Crippen molar-refractivity contribution in [2.24, 2.45) is 5.41 Å². The van der Waals surface area contributed by atoms with Gasteiger partial charge in [-0.05, 0) is 0 Å². The van der Waals surface area contributed by atoms with Crippen LogP contribution >= 0.6 is 0 Å². The second-order valence-electron chi connectivity index (χ2n) is 17.5. The van der Waals surface area contributed by atoms with E-state index >= 15 is 0 Å². The van der Waals surface area contributed by atoms with Crippen LogP contribution in [0.25, 0.3) is 34.4 Å². The average Bonchev–Trinajstić information content (AvgIpc) is 3.65. The summed E-state index contributed by atoms with van der Waals surface area (Å²) in [6, 6.07) is 29.3. The van der Waals surface area contributed by atoms with Crippen LogP contribution in [0.5, 0.6) is 0 Å². The molecule has 0 aromatic heterocycles. The Bertz CT molecular complexity index is 1800. The average molecular weight is 799 g/mol. The Balaban J connectivity index is 1.39. The zero-order chi connectivity index (χ0) is 34.4. The molecule has 2 atom stereocenters. The van der Waals surface area contributed by atoms with Crippen LogP contribution in [-0.2, 0) is 20.0 Å². The molecular weight excluding hydrogens is 743 g/mol. The van der Waals surface area contributed by atoms with Gasteiger partial charge in [-0.15, -0.1) is 0 Å². The molecule has 7 rings (SSSR count). The van der Waals surface area contributed by atoms with Gasteiger partial charge in [0.1, 0.15) is 0 Å². The van der Waals surface area contributed by atoms with Crippen LogP contribution in [0.15, 0.2) is 83.9 Å². The number of benzene rings is 4. The zero-order valence-electron chi connectivity index (χ0n) is 31.5. The fraction of sp³-hybridized carbons (Fsp3) is 0.404.